The first-order valence-electron chi connectivity index (χ1n) is 11.9. The van der Waals surface area contributed by atoms with Gasteiger partial charge in [-0.25, -0.2) is 12.8 Å². The highest BCUT2D eigenvalue weighted by Crippen LogP contribution is 2.30. The topological polar surface area (TPSA) is 66.9 Å². The second kappa shape index (κ2) is 11.5. The van der Waals surface area contributed by atoms with Crippen LogP contribution in [0.3, 0.4) is 0 Å². The second-order valence-electron chi connectivity index (χ2n) is 8.74. The molecule has 8 heteroatoms. The van der Waals surface area contributed by atoms with E-state index in [9.17, 15) is 17.6 Å². The number of nitrogens with zero attached hydrogens (tertiary/aromatic N) is 2. The summed E-state index contributed by atoms with van der Waals surface area (Å²) in [5.74, 6) is -0.0396. The van der Waals surface area contributed by atoms with E-state index >= 15 is 0 Å². The third-order valence-electron chi connectivity index (χ3n) is 6.29. The molecule has 0 aliphatic carbocycles. The number of methoxy groups -OCH3 is 1. The fourth-order valence-electron chi connectivity index (χ4n) is 4.24. The van der Waals surface area contributed by atoms with Crippen molar-refractivity contribution in [1.82, 2.24) is 9.21 Å². The Morgan fingerprint density at radius 1 is 1.00 bits per heavy atom. The molecule has 3 aromatic rings. The van der Waals surface area contributed by atoms with E-state index in [1.807, 2.05) is 48.5 Å². The fraction of sp³-hybridized carbons (Fsp3) is 0.207. The van der Waals surface area contributed by atoms with Crippen LogP contribution in [0.4, 0.5) is 4.39 Å². The van der Waals surface area contributed by atoms with Crippen molar-refractivity contribution in [3.8, 4) is 5.75 Å². The zero-order chi connectivity index (χ0) is 26.4. The predicted octanol–water partition coefficient (Wildman–Crippen LogP) is 5.17. The Bertz CT molecular complexity index is 1370. The van der Waals surface area contributed by atoms with Crippen LogP contribution in [0.5, 0.6) is 5.75 Å². The van der Waals surface area contributed by atoms with Crippen molar-refractivity contribution in [2.45, 2.75) is 25.6 Å². The number of ether oxygens (including phenoxy) is 1. The quantitative estimate of drug-likeness (QED) is 0.404. The Labute approximate surface area is 217 Å². The molecular weight excluding hydrogens is 491 g/mol. The van der Waals surface area contributed by atoms with Gasteiger partial charge < -0.3 is 9.64 Å². The van der Waals surface area contributed by atoms with Gasteiger partial charge in [-0.3, -0.25) is 4.79 Å². The van der Waals surface area contributed by atoms with Crippen molar-refractivity contribution < 1.29 is 22.3 Å². The highest BCUT2D eigenvalue weighted by atomic mass is 32.2. The molecule has 2 atom stereocenters. The molecule has 37 heavy (non-hydrogen) atoms. The highest BCUT2D eigenvalue weighted by Gasteiger charge is 2.36. The van der Waals surface area contributed by atoms with Crippen LogP contribution < -0.4 is 4.74 Å². The van der Waals surface area contributed by atoms with Crippen molar-refractivity contribution in [3.63, 3.8) is 0 Å². The molecule has 1 aliphatic heterocycles. The molecule has 0 spiro atoms. The van der Waals surface area contributed by atoms with Gasteiger partial charge in [0.1, 0.15) is 17.6 Å². The molecule has 0 radical (unpaired) electrons. The van der Waals surface area contributed by atoms with Crippen molar-refractivity contribution >= 4 is 22.0 Å². The minimum Gasteiger partial charge on any atom is -0.497 e. The number of hydrogen-bond donors (Lipinski definition) is 0. The molecule has 0 saturated carbocycles. The molecule has 0 aromatic heterocycles. The van der Waals surface area contributed by atoms with Gasteiger partial charge in [-0.15, -0.1) is 0 Å². The van der Waals surface area contributed by atoms with E-state index in [1.54, 1.807) is 49.3 Å². The number of carbonyl (C=O) groups excluding carboxylic acids is 1. The average Bonchev–Trinajstić information content (AvgIpc) is 2.91. The Kier molecular flexibility index (Phi) is 8.21. The molecule has 0 N–H and O–H groups in total. The van der Waals surface area contributed by atoms with Gasteiger partial charge in [0.05, 0.1) is 13.2 Å². The first-order valence-corrected chi connectivity index (χ1v) is 13.4. The summed E-state index contributed by atoms with van der Waals surface area (Å²) in [7, 11) is -2.33. The van der Waals surface area contributed by atoms with Gasteiger partial charge in [0, 0.05) is 18.5 Å². The van der Waals surface area contributed by atoms with Crippen LogP contribution in [0.25, 0.3) is 6.08 Å². The second-order valence-corrected chi connectivity index (χ2v) is 10.5. The molecule has 6 nitrogen and oxygen atoms in total. The lowest BCUT2D eigenvalue weighted by atomic mass is 10.0. The molecule has 0 fully saturated rings. The van der Waals surface area contributed by atoms with E-state index in [1.165, 1.54) is 22.5 Å². The number of halogens is 1. The normalized spacial score (nSPS) is 20.0. The van der Waals surface area contributed by atoms with Crippen LogP contribution in [0.1, 0.15) is 29.7 Å². The van der Waals surface area contributed by atoms with E-state index < -0.39 is 22.1 Å². The molecule has 1 unspecified atom stereocenters. The van der Waals surface area contributed by atoms with Crippen LogP contribution in [0.2, 0.25) is 0 Å². The molecule has 4 rings (SSSR count). The van der Waals surface area contributed by atoms with Gasteiger partial charge in [-0.2, -0.15) is 4.31 Å². The monoisotopic (exact) mass is 520 g/mol. The van der Waals surface area contributed by atoms with Gasteiger partial charge in [-0.1, -0.05) is 66.7 Å². The summed E-state index contributed by atoms with van der Waals surface area (Å²) in [6.07, 6.45) is 5.12. The van der Waals surface area contributed by atoms with Crippen molar-refractivity contribution in [1.29, 1.82) is 0 Å². The van der Waals surface area contributed by atoms with Crippen LogP contribution in [0, 0.1) is 5.82 Å². The summed E-state index contributed by atoms with van der Waals surface area (Å²) in [5, 5.41) is 1.13. The molecule has 1 heterocycles. The smallest absolute Gasteiger partial charge is 0.241 e. The summed E-state index contributed by atoms with van der Waals surface area (Å²) in [6.45, 7) is 1.82. The maximum Gasteiger partial charge on any atom is 0.241 e. The van der Waals surface area contributed by atoms with Crippen LogP contribution in [0.15, 0.2) is 96.4 Å². The van der Waals surface area contributed by atoms with Crippen molar-refractivity contribution in [2.75, 3.05) is 13.7 Å². The Balaban J connectivity index is 1.70. The number of amides is 1. The molecular formula is C29H29FN2O4S. The minimum absolute atomic E-state index is 0.0470. The fourth-order valence-corrected chi connectivity index (χ4v) is 5.55. The van der Waals surface area contributed by atoms with Gasteiger partial charge in [-0.05, 0) is 54.0 Å². The van der Waals surface area contributed by atoms with Crippen LogP contribution in [-0.2, 0) is 21.4 Å². The number of benzene rings is 3. The maximum atomic E-state index is 13.9. The van der Waals surface area contributed by atoms with E-state index in [2.05, 4.69) is 0 Å². The molecule has 192 valence electrons. The highest BCUT2D eigenvalue weighted by molar-refractivity contribution is 7.92. The van der Waals surface area contributed by atoms with Gasteiger partial charge in [0.2, 0.25) is 15.9 Å². The maximum absolute atomic E-state index is 13.9. The summed E-state index contributed by atoms with van der Waals surface area (Å²) < 4.78 is 46.6. The van der Waals surface area contributed by atoms with Crippen molar-refractivity contribution in [3.05, 3.63) is 119 Å². The number of rotatable bonds is 7. The lowest BCUT2D eigenvalue weighted by molar-refractivity contribution is -0.137. The summed E-state index contributed by atoms with van der Waals surface area (Å²) in [4.78, 5) is 15.5. The SMILES string of the molecule is COc1ccc(C2/C=C\CN(S(=O)(=O)/C=C/c3ccccc3)[C@@H](C)C(=O)N2Cc2ccc(F)cc2)cc1. The van der Waals surface area contributed by atoms with E-state index in [-0.39, 0.29) is 24.8 Å². The van der Waals surface area contributed by atoms with Crippen LogP contribution >= 0.6 is 0 Å². The first kappa shape index (κ1) is 26.3. The molecule has 1 aliphatic rings. The zero-order valence-electron chi connectivity index (χ0n) is 20.7. The number of carbonyl (C=O) groups is 1. The molecule has 3 aromatic carbocycles. The van der Waals surface area contributed by atoms with Gasteiger partial charge in [0.15, 0.2) is 0 Å². The van der Waals surface area contributed by atoms with E-state index in [4.69, 9.17) is 4.74 Å². The number of sulfonamides is 1. The lowest BCUT2D eigenvalue weighted by Crippen LogP contribution is -2.50. The Morgan fingerprint density at radius 2 is 1.68 bits per heavy atom. The van der Waals surface area contributed by atoms with Gasteiger partial charge >= 0.3 is 0 Å². The summed E-state index contributed by atoms with van der Waals surface area (Å²) in [5.41, 5.74) is 2.32. The average molecular weight is 521 g/mol. The minimum atomic E-state index is -3.91. The third-order valence-corrected chi connectivity index (χ3v) is 7.89. The van der Waals surface area contributed by atoms with Crippen LogP contribution in [-0.4, -0.2) is 43.2 Å². The van der Waals surface area contributed by atoms with Gasteiger partial charge in [0.25, 0.3) is 0 Å². The summed E-state index contributed by atoms with van der Waals surface area (Å²) in [6, 6.07) is 21.0. The molecule has 0 bridgehead atoms. The zero-order valence-corrected chi connectivity index (χ0v) is 21.5. The molecule has 1 amide bonds. The summed E-state index contributed by atoms with van der Waals surface area (Å²) >= 11 is 0. The molecule has 0 saturated heterocycles. The standard InChI is InChI=1S/C29H29FN2O4S/c1-22-29(33)31(21-24-10-14-26(30)15-11-24)28(25-12-16-27(36-2)17-13-25)9-6-19-32(22)37(34,35)20-18-23-7-4-3-5-8-23/h3-18,20,22,28H,19,21H2,1-2H3/b9-6-,20-18+/t22-,28?/m0/s1. The predicted molar refractivity (Wildman–Crippen MR) is 142 cm³/mol. The van der Waals surface area contributed by atoms with Crippen molar-refractivity contribution in [2.24, 2.45) is 0 Å². The lowest BCUT2D eigenvalue weighted by Gasteiger charge is -2.37. The number of hydrogen-bond acceptors (Lipinski definition) is 4. The van der Waals surface area contributed by atoms with E-state index in [0.717, 1.165) is 22.1 Å². The third kappa shape index (κ3) is 6.34. The first-order chi connectivity index (χ1) is 17.8. The largest absolute Gasteiger partial charge is 0.497 e. The Hall–Kier alpha value is -3.75. The van der Waals surface area contributed by atoms with E-state index in [0.29, 0.717) is 5.75 Å². The Morgan fingerprint density at radius 3 is 2.32 bits per heavy atom.